The number of nitrogens with zero attached hydrogens (tertiary/aromatic N) is 2. The van der Waals surface area contributed by atoms with Crippen molar-refractivity contribution in [2.24, 2.45) is 0 Å². The maximum atomic E-state index is 12.1. The second-order valence-electron chi connectivity index (χ2n) is 16.4. The minimum atomic E-state index is 0. The summed E-state index contributed by atoms with van der Waals surface area (Å²) >= 11 is 5.12. The zero-order chi connectivity index (χ0) is 47.3. The molecule has 2 aliphatic heterocycles. The minimum absolute atomic E-state index is 0. The summed E-state index contributed by atoms with van der Waals surface area (Å²) in [5.74, 6) is 2.16. The van der Waals surface area contributed by atoms with Gasteiger partial charge in [0.25, 0.3) is 0 Å². The van der Waals surface area contributed by atoms with Crippen LogP contribution in [0.25, 0.3) is 90.9 Å². The first kappa shape index (κ1) is 49.6. The molecule has 0 aliphatic carbocycles. The molecule has 0 radical (unpaired) electrons. The molecule has 338 valence electrons. The second-order valence-corrected chi connectivity index (χ2v) is 21.0. The Hall–Kier alpha value is -5.82. The summed E-state index contributed by atoms with van der Waals surface area (Å²) < 4.78 is 0. The van der Waals surface area contributed by atoms with Crippen LogP contribution in [0.15, 0.2) is 121 Å². The number of hydrogen-bond acceptors (Lipinski definition) is 10. The van der Waals surface area contributed by atoms with Gasteiger partial charge in [-0.3, -0.25) is 19.2 Å². The van der Waals surface area contributed by atoms with Crippen LogP contribution in [0.1, 0.15) is 72.7 Å². The Morgan fingerprint density at radius 1 is 0.377 bits per heavy atom. The summed E-state index contributed by atoms with van der Waals surface area (Å²) in [6, 6.07) is 41.5. The van der Waals surface area contributed by atoms with E-state index in [1.807, 2.05) is 48.5 Å². The molecule has 0 saturated heterocycles. The molecule has 7 aromatic rings. The molecule has 0 atom stereocenters. The van der Waals surface area contributed by atoms with Gasteiger partial charge in [-0.15, -0.1) is 0 Å². The summed E-state index contributed by atoms with van der Waals surface area (Å²) in [4.78, 5) is 66.9. The Morgan fingerprint density at radius 2 is 0.609 bits per heavy atom. The van der Waals surface area contributed by atoms with Crippen LogP contribution in [-0.4, -0.2) is 40.4 Å². The average molecular weight is 1030 g/mol. The van der Waals surface area contributed by atoms with Gasteiger partial charge >= 0.3 is 19.5 Å². The number of rotatable bonds is 12. The molecule has 0 spiro atoms. The van der Waals surface area contributed by atoms with Crippen molar-refractivity contribution in [1.82, 2.24) is 19.9 Å². The number of hydrogen-bond donors (Lipinski definition) is 2. The molecule has 9 rings (SSSR count). The standard InChI is InChI=1S/C56H46N4O4S4.Zn/c1-33(61)65-29-37-9-5-13-41(25-37)53-45-17-19-47(57-45)54(42-14-6-10-38(26-42)30-66-34(2)62)49-21-23-51(59-49)56(44-16-8-12-40(28-44)32-68-36(4)64)52-24-22-50(60-52)55(48-20-18-46(53)58-48)43-15-7-11-39(27-43)31-67-35(3)63;/h5-28,57,60H,29-32H2,1-4H3;/q;+2. The van der Waals surface area contributed by atoms with E-state index >= 15 is 0 Å². The Morgan fingerprint density at radius 3 is 0.826 bits per heavy atom. The Kier molecular flexibility index (Phi) is 16.0. The molecule has 5 heterocycles. The first-order valence-electron chi connectivity index (χ1n) is 22.0. The van der Waals surface area contributed by atoms with Crippen molar-refractivity contribution in [1.29, 1.82) is 0 Å². The van der Waals surface area contributed by atoms with E-state index in [4.69, 9.17) is 9.97 Å². The van der Waals surface area contributed by atoms with Gasteiger partial charge in [0.05, 0.1) is 22.8 Å². The Labute approximate surface area is 430 Å². The van der Waals surface area contributed by atoms with E-state index in [1.165, 1.54) is 47.0 Å². The third-order valence-corrected chi connectivity index (χ3v) is 14.9. The predicted octanol–water partition coefficient (Wildman–Crippen LogP) is 14.4. The van der Waals surface area contributed by atoms with Gasteiger partial charge in [0, 0.05) is 95.0 Å². The van der Waals surface area contributed by atoms with Crippen LogP contribution in [0.3, 0.4) is 0 Å². The number of fused-ring (bicyclic) bond motifs is 8. The van der Waals surface area contributed by atoms with Gasteiger partial charge in [0.1, 0.15) is 0 Å². The van der Waals surface area contributed by atoms with Gasteiger partial charge in [0.2, 0.25) is 0 Å². The Balaban J connectivity index is 0.00000642. The molecule has 8 nitrogen and oxygen atoms in total. The van der Waals surface area contributed by atoms with Crippen LogP contribution in [0, 0.1) is 0 Å². The average Bonchev–Trinajstić information content (AvgIpc) is 4.18. The molecule has 3 aromatic heterocycles. The SMILES string of the molecule is CC(=O)SCc1cccc(-c2c3nc(c(-c4cccc(CSC(C)=O)c4)c4ccc([nH]4)c(-c4cccc(CSC(C)=O)c4)c4nc(c(-c5cccc(CSC(C)=O)c5)c5ccc2[nH]5)C=C4)C=C3)c1.[Zn+2]. The van der Waals surface area contributed by atoms with Gasteiger partial charge in [-0.2, -0.15) is 0 Å². The van der Waals surface area contributed by atoms with Gasteiger partial charge in [-0.25, -0.2) is 9.97 Å². The van der Waals surface area contributed by atoms with Crippen LogP contribution >= 0.6 is 47.0 Å². The van der Waals surface area contributed by atoms with Crippen molar-refractivity contribution in [2.75, 3.05) is 0 Å². The monoisotopic (exact) mass is 1030 g/mol. The molecule has 2 N–H and O–H groups in total. The van der Waals surface area contributed by atoms with Crippen LogP contribution in [0.5, 0.6) is 0 Å². The molecule has 0 amide bonds. The van der Waals surface area contributed by atoms with Crippen LogP contribution in [0.4, 0.5) is 0 Å². The zero-order valence-electron chi connectivity index (χ0n) is 38.6. The van der Waals surface area contributed by atoms with Crippen LogP contribution in [-0.2, 0) is 61.7 Å². The first-order valence-corrected chi connectivity index (χ1v) is 26.0. The number of thioether (sulfide) groups is 4. The van der Waals surface area contributed by atoms with Crippen molar-refractivity contribution in [3.8, 4) is 44.5 Å². The molecule has 2 aliphatic rings. The number of aromatic amines is 2. The van der Waals surface area contributed by atoms with Gasteiger partial charge in [-0.05, 0) is 93.1 Å². The summed E-state index contributed by atoms with van der Waals surface area (Å²) in [6.45, 7) is 6.35. The number of carbonyl (C=O) groups is 4. The van der Waals surface area contributed by atoms with E-state index in [0.29, 0.717) is 23.0 Å². The Bertz CT molecular complexity index is 2970. The molecule has 0 fully saturated rings. The fraction of sp³-hybridized carbons (Fsp3) is 0.143. The van der Waals surface area contributed by atoms with Gasteiger partial charge in [-0.1, -0.05) is 144 Å². The largest absolute Gasteiger partial charge is 2.00 e. The summed E-state index contributed by atoms with van der Waals surface area (Å²) in [6.07, 6.45) is 8.25. The number of benzene rings is 4. The quantitative estimate of drug-likeness (QED) is 0.114. The normalized spacial score (nSPS) is 11.7. The summed E-state index contributed by atoms with van der Waals surface area (Å²) in [5, 5.41) is 0.229. The molecule has 4 aromatic carbocycles. The summed E-state index contributed by atoms with van der Waals surface area (Å²) in [5.41, 5.74) is 17.8. The van der Waals surface area contributed by atoms with E-state index in [0.717, 1.165) is 112 Å². The maximum absolute atomic E-state index is 12.1. The first-order chi connectivity index (χ1) is 32.9. The summed E-state index contributed by atoms with van der Waals surface area (Å²) in [7, 11) is 0. The number of H-pyrrole nitrogens is 2. The number of nitrogens with one attached hydrogen (secondary N) is 2. The van der Waals surface area contributed by atoms with Crippen LogP contribution < -0.4 is 0 Å². The molecule has 0 saturated carbocycles. The van der Waals surface area contributed by atoms with E-state index in [1.54, 1.807) is 27.7 Å². The van der Waals surface area contributed by atoms with Crippen molar-refractivity contribution >= 4 is 114 Å². The topological polar surface area (TPSA) is 126 Å². The van der Waals surface area contributed by atoms with Crippen molar-refractivity contribution in [2.45, 2.75) is 50.7 Å². The van der Waals surface area contributed by atoms with E-state index in [2.05, 4.69) is 107 Å². The molecule has 13 heteroatoms. The van der Waals surface area contributed by atoms with Crippen molar-refractivity contribution in [3.05, 3.63) is 166 Å². The minimum Gasteiger partial charge on any atom is -0.354 e. The van der Waals surface area contributed by atoms with Crippen molar-refractivity contribution in [3.63, 3.8) is 0 Å². The van der Waals surface area contributed by atoms with E-state index in [-0.39, 0.29) is 39.9 Å². The fourth-order valence-electron chi connectivity index (χ4n) is 8.43. The fourth-order valence-corrected chi connectivity index (χ4v) is 10.6. The molecule has 69 heavy (non-hydrogen) atoms. The molecule has 0 unspecified atom stereocenters. The van der Waals surface area contributed by atoms with Crippen molar-refractivity contribution < 1.29 is 38.7 Å². The van der Waals surface area contributed by atoms with Crippen LogP contribution in [0.2, 0.25) is 0 Å². The second kappa shape index (κ2) is 22.3. The van der Waals surface area contributed by atoms with Gasteiger partial charge < -0.3 is 9.97 Å². The molecular weight excluding hydrogens is 986 g/mol. The van der Waals surface area contributed by atoms with E-state index in [9.17, 15) is 19.2 Å². The predicted molar refractivity (Wildman–Crippen MR) is 289 cm³/mol. The number of carbonyl (C=O) groups excluding carboxylic acids is 4. The van der Waals surface area contributed by atoms with Gasteiger partial charge in [0.15, 0.2) is 20.5 Å². The number of aromatic nitrogens is 4. The maximum Gasteiger partial charge on any atom is 2.00 e. The zero-order valence-corrected chi connectivity index (χ0v) is 44.8. The van der Waals surface area contributed by atoms with E-state index < -0.39 is 0 Å². The third kappa shape index (κ3) is 11.8. The third-order valence-electron chi connectivity index (χ3n) is 11.4. The molecule has 8 bridgehead atoms. The molecular formula is C56H46N4O4S4Zn+2. The smallest absolute Gasteiger partial charge is 0.354 e.